The molecule has 1 saturated heterocycles. The average molecular weight is 548 g/mol. The molecule has 2 heterocycles. The van der Waals surface area contributed by atoms with Crippen LogP contribution in [0.25, 0.3) is 0 Å². The summed E-state index contributed by atoms with van der Waals surface area (Å²) >= 11 is 1.75. The molecular weight excluding hydrogens is 517 g/mol. The van der Waals surface area contributed by atoms with Crippen LogP contribution in [-0.2, 0) is 6.54 Å². The van der Waals surface area contributed by atoms with E-state index in [0.717, 1.165) is 50.5 Å². The number of likely N-dealkylation sites (tertiary alicyclic amines) is 1. The zero-order valence-corrected chi connectivity index (χ0v) is 20.7. The van der Waals surface area contributed by atoms with E-state index < -0.39 is 11.6 Å². The minimum atomic E-state index is -0.815. The van der Waals surface area contributed by atoms with Crippen molar-refractivity contribution in [1.82, 2.24) is 15.5 Å². The summed E-state index contributed by atoms with van der Waals surface area (Å²) in [4.78, 5) is 7.18. The Morgan fingerprint density at radius 1 is 1.23 bits per heavy atom. The SMILES string of the molecule is CCNC(=NCC(C)c1ccc(F)c(F)c1)NC1CCN(Cc2ccsc2)CC1.I. The first-order valence-corrected chi connectivity index (χ1v) is 11.2. The molecule has 0 aliphatic carbocycles. The zero-order chi connectivity index (χ0) is 20.6. The molecule has 1 aromatic carbocycles. The van der Waals surface area contributed by atoms with Crippen LogP contribution in [0.5, 0.6) is 0 Å². The van der Waals surface area contributed by atoms with E-state index in [1.807, 2.05) is 13.8 Å². The monoisotopic (exact) mass is 548 g/mol. The van der Waals surface area contributed by atoms with Gasteiger partial charge in [-0.1, -0.05) is 13.0 Å². The van der Waals surface area contributed by atoms with Gasteiger partial charge >= 0.3 is 0 Å². The standard InChI is InChI=1S/C22H30F2N4S.HI/c1-3-25-22(26-13-16(2)18-4-5-20(23)21(24)12-18)27-19-6-9-28(10-7-19)14-17-8-11-29-15-17;/h4-5,8,11-12,15-16,19H,3,6-7,9-10,13-14H2,1-2H3,(H2,25,26,27);1H. The van der Waals surface area contributed by atoms with Gasteiger partial charge in [-0.15, -0.1) is 24.0 Å². The summed E-state index contributed by atoms with van der Waals surface area (Å²) in [6.07, 6.45) is 2.15. The van der Waals surface area contributed by atoms with Gasteiger partial charge in [0, 0.05) is 44.7 Å². The largest absolute Gasteiger partial charge is 0.357 e. The van der Waals surface area contributed by atoms with Crippen LogP contribution >= 0.6 is 35.3 Å². The Kier molecular flexibility index (Phi) is 10.5. The Hall–Kier alpha value is -1.26. The molecule has 0 radical (unpaired) electrons. The molecule has 1 fully saturated rings. The number of rotatable bonds is 7. The molecule has 1 atom stereocenters. The van der Waals surface area contributed by atoms with Gasteiger partial charge in [-0.2, -0.15) is 11.3 Å². The van der Waals surface area contributed by atoms with E-state index in [1.165, 1.54) is 17.7 Å². The van der Waals surface area contributed by atoms with Crippen molar-refractivity contribution in [3.05, 3.63) is 57.8 Å². The van der Waals surface area contributed by atoms with Gasteiger partial charge in [-0.3, -0.25) is 9.89 Å². The van der Waals surface area contributed by atoms with E-state index in [4.69, 9.17) is 0 Å². The molecule has 30 heavy (non-hydrogen) atoms. The van der Waals surface area contributed by atoms with Crippen LogP contribution in [0, 0.1) is 11.6 Å². The molecule has 8 heteroatoms. The molecular formula is C22H31F2IN4S. The van der Waals surface area contributed by atoms with Crippen LogP contribution in [-0.4, -0.2) is 43.1 Å². The fraction of sp³-hybridized carbons (Fsp3) is 0.500. The van der Waals surface area contributed by atoms with Crippen LogP contribution in [0.2, 0.25) is 0 Å². The maximum absolute atomic E-state index is 13.5. The Labute approximate surface area is 199 Å². The molecule has 0 bridgehead atoms. The Morgan fingerprint density at radius 2 is 2.00 bits per heavy atom. The molecule has 1 aliphatic rings. The second-order valence-electron chi connectivity index (χ2n) is 7.62. The summed E-state index contributed by atoms with van der Waals surface area (Å²) in [5.74, 6) is -0.825. The highest BCUT2D eigenvalue weighted by molar-refractivity contribution is 14.0. The number of halogens is 3. The van der Waals surface area contributed by atoms with Gasteiger partial charge in [0.05, 0.1) is 0 Å². The second kappa shape index (κ2) is 12.6. The molecule has 2 aromatic rings. The van der Waals surface area contributed by atoms with Crippen molar-refractivity contribution in [1.29, 1.82) is 0 Å². The van der Waals surface area contributed by atoms with Crippen molar-refractivity contribution in [2.75, 3.05) is 26.2 Å². The maximum Gasteiger partial charge on any atom is 0.191 e. The van der Waals surface area contributed by atoms with Crippen LogP contribution in [0.1, 0.15) is 43.7 Å². The number of guanidine groups is 1. The Morgan fingerprint density at radius 3 is 2.63 bits per heavy atom. The first-order chi connectivity index (χ1) is 14.0. The molecule has 166 valence electrons. The van der Waals surface area contributed by atoms with Crippen LogP contribution in [0.15, 0.2) is 40.0 Å². The number of nitrogens with zero attached hydrogens (tertiary/aromatic N) is 2. The van der Waals surface area contributed by atoms with Crippen molar-refractivity contribution in [2.24, 2.45) is 4.99 Å². The quantitative estimate of drug-likeness (QED) is 0.292. The number of hydrogen-bond donors (Lipinski definition) is 2. The minimum absolute atomic E-state index is 0. The van der Waals surface area contributed by atoms with Gasteiger partial charge in [0.25, 0.3) is 0 Å². The predicted molar refractivity (Wildman–Crippen MR) is 132 cm³/mol. The lowest BCUT2D eigenvalue weighted by Gasteiger charge is -2.33. The maximum atomic E-state index is 13.5. The molecule has 1 aromatic heterocycles. The van der Waals surface area contributed by atoms with Crippen molar-refractivity contribution in [3.8, 4) is 0 Å². The van der Waals surface area contributed by atoms with E-state index in [-0.39, 0.29) is 29.9 Å². The number of hydrogen-bond acceptors (Lipinski definition) is 3. The molecule has 2 N–H and O–H groups in total. The van der Waals surface area contributed by atoms with E-state index >= 15 is 0 Å². The van der Waals surface area contributed by atoms with E-state index in [9.17, 15) is 8.78 Å². The van der Waals surface area contributed by atoms with Gasteiger partial charge in [0.1, 0.15) is 0 Å². The van der Waals surface area contributed by atoms with Crippen LogP contribution < -0.4 is 10.6 Å². The second-order valence-corrected chi connectivity index (χ2v) is 8.40. The van der Waals surface area contributed by atoms with E-state index in [2.05, 4.69) is 37.4 Å². The Balaban J connectivity index is 0.00000320. The third kappa shape index (κ3) is 7.46. The summed E-state index contributed by atoms with van der Waals surface area (Å²) in [6.45, 7) is 8.47. The molecule has 1 unspecified atom stereocenters. The van der Waals surface area contributed by atoms with E-state index in [0.29, 0.717) is 12.6 Å². The lowest BCUT2D eigenvalue weighted by atomic mass is 10.0. The highest BCUT2D eigenvalue weighted by Crippen LogP contribution is 2.19. The van der Waals surface area contributed by atoms with E-state index in [1.54, 1.807) is 17.4 Å². The summed E-state index contributed by atoms with van der Waals surface area (Å²) < 4.78 is 26.6. The van der Waals surface area contributed by atoms with Gasteiger partial charge in [-0.25, -0.2) is 8.78 Å². The fourth-order valence-corrected chi connectivity index (χ4v) is 4.20. The highest BCUT2D eigenvalue weighted by atomic mass is 127. The minimum Gasteiger partial charge on any atom is -0.357 e. The van der Waals surface area contributed by atoms with Crippen molar-refractivity contribution >= 4 is 41.3 Å². The first kappa shape index (κ1) is 25.0. The number of nitrogens with one attached hydrogen (secondary N) is 2. The van der Waals surface area contributed by atoms with Crippen molar-refractivity contribution in [2.45, 2.75) is 45.2 Å². The van der Waals surface area contributed by atoms with Gasteiger partial charge in [0.2, 0.25) is 0 Å². The molecule has 1 aliphatic heterocycles. The van der Waals surface area contributed by atoms with Crippen molar-refractivity contribution < 1.29 is 8.78 Å². The first-order valence-electron chi connectivity index (χ1n) is 10.3. The van der Waals surface area contributed by atoms with Crippen LogP contribution in [0.3, 0.4) is 0 Å². The fourth-order valence-electron chi connectivity index (χ4n) is 3.54. The molecule has 3 rings (SSSR count). The number of benzene rings is 1. The molecule has 0 amide bonds. The number of aliphatic imine (C=N–C) groups is 1. The predicted octanol–water partition coefficient (Wildman–Crippen LogP) is 4.97. The lowest BCUT2D eigenvalue weighted by Crippen LogP contribution is -2.48. The zero-order valence-electron chi connectivity index (χ0n) is 17.5. The summed E-state index contributed by atoms with van der Waals surface area (Å²) in [7, 11) is 0. The topological polar surface area (TPSA) is 39.7 Å². The summed E-state index contributed by atoms with van der Waals surface area (Å²) in [5, 5.41) is 11.2. The van der Waals surface area contributed by atoms with Gasteiger partial charge in [-0.05, 0) is 59.9 Å². The summed E-state index contributed by atoms with van der Waals surface area (Å²) in [6, 6.07) is 6.66. The van der Waals surface area contributed by atoms with Crippen molar-refractivity contribution in [3.63, 3.8) is 0 Å². The smallest absolute Gasteiger partial charge is 0.191 e. The van der Waals surface area contributed by atoms with Crippen LogP contribution in [0.4, 0.5) is 8.78 Å². The average Bonchev–Trinajstić information content (AvgIpc) is 3.22. The third-order valence-corrected chi connectivity index (χ3v) is 6.03. The van der Waals surface area contributed by atoms with Gasteiger partial charge < -0.3 is 10.6 Å². The molecule has 4 nitrogen and oxygen atoms in total. The lowest BCUT2D eigenvalue weighted by molar-refractivity contribution is 0.198. The van der Waals surface area contributed by atoms with Gasteiger partial charge in [0.15, 0.2) is 17.6 Å². The third-order valence-electron chi connectivity index (χ3n) is 5.29. The Bertz CT molecular complexity index is 792. The molecule has 0 spiro atoms. The highest BCUT2D eigenvalue weighted by Gasteiger charge is 2.20. The number of piperidine rings is 1. The normalized spacial score (nSPS) is 16.7. The summed E-state index contributed by atoms with van der Waals surface area (Å²) in [5.41, 5.74) is 2.15. The molecule has 0 saturated carbocycles. The number of thiophene rings is 1.